The van der Waals surface area contributed by atoms with E-state index in [1.807, 2.05) is 26.8 Å². The van der Waals surface area contributed by atoms with Crippen LogP contribution >= 0.6 is 58.4 Å². The lowest BCUT2D eigenvalue weighted by atomic mass is 10.1. The minimum absolute atomic E-state index is 0.0563. The van der Waals surface area contributed by atoms with Gasteiger partial charge in [-0.15, -0.1) is 11.3 Å². The van der Waals surface area contributed by atoms with Crippen LogP contribution in [-0.2, 0) is 0 Å². The lowest BCUT2D eigenvalue weighted by molar-refractivity contribution is 0.0922. The van der Waals surface area contributed by atoms with E-state index in [0.717, 1.165) is 4.70 Å². The van der Waals surface area contributed by atoms with Crippen LogP contribution in [0.4, 0.5) is 5.69 Å². The molecule has 0 aliphatic heterocycles. The predicted octanol–water partition coefficient (Wildman–Crippen LogP) is 6.53. The topological polar surface area (TPSA) is 79.5 Å². The molecule has 0 atom stereocenters. The van der Waals surface area contributed by atoms with Gasteiger partial charge in [0.2, 0.25) is 0 Å². The van der Waals surface area contributed by atoms with Gasteiger partial charge in [-0.1, -0.05) is 46.9 Å². The Morgan fingerprint density at radius 3 is 2.27 bits per heavy atom. The second kappa shape index (κ2) is 10.0. The normalized spacial score (nSPS) is 11.2. The molecule has 3 N–H and O–H groups in total. The Balaban J connectivity index is 1.82. The molecule has 1 aromatic heterocycles. The van der Waals surface area contributed by atoms with Crippen molar-refractivity contribution in [1.29, 1.82) is 0 Å². The molecule has 0 bridgehead atoms. The number of fused-ring (bicyclic) bond motifs is 1. The average Bonchev–Trinajstić information content (AvgIpc) is 3.04. The maximum Gasteiger partial charge on any atom is 0.263 e. The largest absolute Gasteiger partial charge is 0.494 e. The van der Waals surface area contributed by atoms with Crippen LogP contribution in [0.25, 0.3) is 10.1 Å². The minimum atomic E-state index is -0.499. The molecule has 0 unspecified atom stereocenters. The number of methoxy groups -OCH3 is 1. The minimum Gasteiger partial charge on any atom is -0.494 e. The fourth-order valence-electron chi connectivity index (χ4n) is 2.95. The third-order valence-electron chi connectivity index (χ3n) is 4.29. The van der Waals surface area contributed by atoms with Gasteiger partial charge < -0.3 is 15.4 Å². The van der Waals surface area contributed by atoms with Crippen molar-refractivity contribution in [2.24, 2.45) is 0 Å². The highest BCUT2D eigenvalue weighted by Gasteiger charge is 2.23. The fraction of sp³-hybridized carbons (Fsp3) is 0.227. The van der Waals surface area contributed by atoms with Gasteiger partial charge in [0.25, 0.3) is 11.8 Å². The summed E-state index contributed by atoms with van der Waals surface area (Å²) < 4.78 is 5.82. The first-order chi connectivity index (χ1) is 15.4. The van der Waals surface area contributed by atoms with Crippen LogP contribution in [0, 0.1) is 0 Å². The van der Waals surface area contributed by atoms with E-state index in [2.05, 4.69) is 16.0 Å². The Kier molecular flexibility index (Phi) is 7.76. The van der Waals surface area contributed by atoms with Gasteiger partial charge in [0.05, 0.1) is 32.6 Å². The van der Waals surface area contributed by atoms with Crippen LogP contribution in [0.5, 0.6) is 5.75 Å². The zero-order valence-electron chi connectivity index (χ0n) is 18.1. The first-order valence-corrected chi connectivity index (χ1v) is 12.0. The lowest BCUT2D eigenvalue weighted by Gasteiger charge is -2.19. The molecule has 0 saturated heterocycles. The summed E-state index contributed by atoms with van der Waals surface area (Å²) in [5.41, 5.74) is 0.412. The van der Waals surface area contributed by atoms with Crippen LogP contribution in [0.15, 0.2) is 30.3 Å². The smallest absolute Gasteiger partial charge is 0.263 e. The van der Waals surface area contributed by atoms with E-state index in [-0.39, 0.29) is 32.4 Å². The highest BCUT2D eigenvalue weighted by Crippen LogP contribution is 2.39. The molecule has 0 radical (unpaired) electrons. The number of thiocarbonyl (C=S) groups is 1. The number of nitrogens with one attached hydrogen (secondary N) is 3. The summed E-state index contributed by atoms with van der Waals surface area (Å²) in [7, 11) is 1.43. The van der Waals surface area contributed by atoms with E-state index in [4.69, 9.17) is 51.8 Å². The quantitative estimate of drug-likeness (QED) is 0.326. The summed E-state index contributed by atoms with van der Waals surface area (Å²) >= 11 is 25.3. The highest BCUT2D eigenvalue weighted by atomic mass is 35.5. The van der Waals surface area contributed by atoms with Crippen LogP contribution in [0.3, 0.4) is 0 Å². The Morgan fingerprint density at radius 2 is 1.70 bits per heavy atom. The van der Waals surface area contributed by atoms with Gasteiger partial charge in [-0.25, -0.2) is 0 Å². The number of halogens is 3. The third kappa shape index (κ3) is 5.88. The van der Waals surface area contributed by atoms with Gasteiger partial charge in [0.15, 0.2) is 10.9 Å². The van der Waals surface area contributed by atoms with Gasteiger partial charge in [0, 0.05) is 16.5 Å². The first-order valence-electron chi connectivity index (χ1n) is 9.60. The average molecular weight is 545 g/mol. The molecule has 0 spiro atoms. The molecule has 2 amide bonds. The van der Waals surface area contributed by atoms with Crippen LogP contribution < -0.4 is 20.7 Å². The molecule has 3 rings (SSSR count). The SMILES string of the molecule is COc1c(Cl)cc(C(=O)NC(=S)Nc2cccc3c(Cl)c(C(=O)NC(C)(C)C)sc23)cc1Cl. The number of hydrogen-bond acceptors (Lipinski definition) is 5. The number of ether oxygens (including phenoxy) is 1. The number of benzene rings is 2. The van der Waals surface area contributed by atoms with Crippen molar-refractivity contribution >= 4 is 91.1 Å². The van der Waals surface area contributed by atoms with Gasteiger partial charge in [-0.05, 0) is 51.2 Å². The Labute approximate surface area is 215 Å². The number of amides is 2. The summed E-state index contributed by atoms with van der Waals surface area (Å²) in [4.78, 5) is 25.7. The summed E-state index contributed by atoms with van der Waals surface area (Å²) in [6, 6.07) is 8.24. The summed E-state index contributed by atoms with van der Waals surface area (Å²) in [5.74, 6) is -0.479. The molecule has 0 fully saturated rings. The molecule has 0 aliphatic rings. The molecule has 33 heavy (non-hydrogen) atoms. The number of carbonyl (C=O) groups is 2. The summed E-state index contributed by atoms with van der Waals surface area (Å²) in [6.45, 7) is 5.68. The van der Waals surface area contributed by atoms with Crippen molar-refractivity contribution in [3.8, 4) is 5.75 Å². The maximum atomic E-state index is 12.7. The molecular formula is C22H20Cl3N3O3S2. The van der Waals surface area contributed by atoms with Crippen molar-refractivity contribution in [1.82, 2.24) is 10.6 Å². The number of thiophene rings is 1. The van der Waals surface area contributed by atoms with E-state index in [9.17, 15) is 9.59 Å². The molecule has 0 aliphatic carbocycles. The van der Waals surface area contributed by atoms with E-state index in [1.165, 1.54) is 30.6 Å². The molecule has 0 saturated carbocycles. The second-order valence-electron chi connectivity index (χ2n) is 8.01. The van der Waals surface area contributed by atoms with Crippen molar-refractivity contribution < 1.29 is 14.3 Å². The third-order valence-corrected chi connectivity index (χ3v) is 6.80. The molecule has 174 valence electrons. The Morgan fingerprint density at radius 1 is 1.06 bits per heavy atom. The first kappa shape index (κ1) is 25.5. The van der Waals surface area contributed by atoms with E-state index < -0.39 is 11.4 Å². The van der Waals surface area contributed by atoms with Gasteiger partial charge in [-0.2, -0.15) is 0 Å². The Bertz CT molecular complexity index is 1250. The number of hydrogen-bond donors (Lipinski definition) is 3. The van der Waals surface area contributed by atoms with Gasteiger partial charge >= 0.3 is 0 Å². The van der Waals surface area contributed by atoms with Crippen LogP contribution in [0.1, 0.15) is 40.8 Å². The standard InChI is InChI=1S/C22H20Cl3N3O3S2/c1-22(2,3)28-20(30)18-15(25)11-6-5-7-14(17(11)33-18)26-21(32)27-19(29)10-8-12(23)16(31-4)13(24)9-10/h5-9H,1-4H3,(H,28,30)(H2,26,27,29,32). The van der Waals surface area contributed by atoms with Crippen LogP contribution in [-0.4, -0.2) is 29.6 Å². The van der Waals surface area contributed by atoms with Crippen molar-refractivity contribution in [3.05, 3.63) is 55.8 Å². The molecule has 2 aromatic carbocycles. The van der Waals surface area contributed by atoms with E-state index in [0.29, 0.717) is 21.0 Å². The van der Waals surface area contributed by atoms with E-state index in [1.54, 1.807) is 12.1 Å². The molecule has 11 heteroatoms. The second-order valence-corrected chi connectivity index (χ2v) is 10.6. The predicted molar refractivity (Wildman–Crippen MR) is 141 cm³/mol. The zero-order valence-corrected chi connectivity index (χ0v) is 22.0. The zero-order chi connectivity index (χ0) is 24.5. The molecule has 1 heterocycles. The summed E-state index contributed by atoms with van der Waals surface area (Å²) in [5, 5.41) is 10.0. The van der Waals surface area contributed by atoms with Crippen molar-refractivity contribution in [2.75, 3.05) is 12.4 Å². The molecule has 6 nitrogen and oxygen atoms in total. The van der Waals surface area contributed by atoms with Crippen molar-refractivity contribution in [3.63, 3.8) is 0 Å². The molecular weight excluding hydrogens is 525 g/mol. The van der Waals surface area contributed by atoms with E-state index >= 15 is 0 Å². The van der Waals surface area contributed by atoms with Gasteiger partial charge in [0.1, 0.15) is 4.88 Å². The van der Waals surface area contributed by atoms with Crippen molar-refractivity contribution in [2.45, 2.75) is 26.3 Å². The highest BCUT2D eigenvalue weighted by molar-refractivity contribution is 7.80. The van der Waals surface area contributed by atoms with Gasteiger partial charge in [-0.3, -0.25) is 14.9 Å². The fourth-order valence-corrected chi connectivity index (χ4v) is 5.26. The number of rotatable bonds is 4. The maximum absolute atomic E-state index is 12.7. The number of carbonyl (C=O) groups excluding carboxylic acids is 2. The van der Waals surface area contributed by atoms with Crippen LogP contribution in [0.2, 0.25) is 15.1 Å². The Hall–Kier alpha value is -2.10. The lowest BCUT2D eigenvalue weighted by Crippen LogP contribution is -2.40. The molecule has 3 aromatic rings. The monoisotopic (exact) mass is 543 g/mol. The number of anilines is 1. The summed E-state index contributed by atoms with van der Waals surface area (Å²) in [6.07, 6.45) is 0.